The minimum Gasteiger partial charge on any atom is -0.256 e. The lowest BCUT2D eigenvalue weighted by Crippen LogP contribution is -1.97. The lowest BCUT2D eigenvalue weighted by molar-refractivity contribution is 0.814. The van der Waals surface area contributed by atoms with Gasteiger partial charge in [-0.3, -0.25) is 4.98 Å². The van der Waals surface area contributed by atoms with Crippen LogP contribution in [0.15, 0.2) is 6.07 Å². The van der Waals surface area contributed by atoms with E-state index in [2.05, 4.69) is 4.98 Å². The van der Waals surface area contributed by atoms with Crippen LogP contribution in [-0.2, 0) is 0 Å². The minimum absolute atomic E-state index is 0.337. The average molecular weight is 195 g/mol. The third-order valence-corrected chi connectivity index (χ3v) is 2.17. The molecule has 0 unspecified atom stereocenters. The van der Waals surface area contributed by atoms with Gasteiger partial charge in [0.15, 0.2) is 0 Å². The van der Waals surface area contributed by atoms with E-state index < -0.39 is 0 Å². The summed E-state index contributed by atoms with van der Waals surface area (Å²) in [5.41, 5.74) is 2.12. The number of halogens is 1. The number of hydrogen-bond acceptors (Lipinski definition) is 2. The smallest absolute Gasteiger partial charge is 0.103 e. The van der Waals surface area contributed by atoms with Crippen molar-refractivity contribution in [1.29, 1.82) is 5.26 Å². The molecule has 0 amide bonds. The van der Waals surface area contributed by atoms with Crippen LogP contribution in [0, 0.1) is 18.3 Å². The summed E-state index contributed by atoms with van der Waals surface area (Å²) in [6.07, 6.45) is 0. The maximum atomic E-state index is 8.75. The lowest BCUT2D eigenvalue weighted by atomic mass is 10.1. The number of aromatic nitrogens is 1. The summed E-state index contributed by atoms with van der Waals surface area (Å²) >= 11 is 5.92. The van der Waals surface area contributed by atoms with Gasteiger partial charge in [-0.15, -0.1) is 0 Å². The number of pyridine rings is 1. The molecule has 0 saturated carbocycles. The first-order valence-electron chi connectivity index (χ1n) is 4.13. The Labute approximate surface area is 83.2 Å². The van der Waals surface area contributed by atoms with E-state index in [0.29, 0.717) is 22.2 Å². The van der Waals surface area contributed by atoms with Gasteiger partial charge in [0.1, 0.15) is 6.07 Å². The molecule has 13 heavy (non-hydrogen) atoms. The first-order valence-corrected chi connectivity index (χ1v) is 4.51. The second-order valence-electron chi connectivity index (χ2n) is 3.26. The van der Waals surface area contributed by atoms with E-state index in [0.717, 1.165) is 5.69 Å². The predicted molar refractivity (Wildman–Crippen MR) is 52.8 cm³/mol. The minimum atomic E-state index is 0.337. The first kappa shape index (κ1) is 10.0. The molecule has 0 aliphatic rings. The largest absolute Gasteiger partial charge is 0.256 e. The van der Waals surface area contributed by atoms with Crippen LogP contribution in [0.4, 0.5) is 0 Å². The van der Waals surface area contributed by atoms with Gasteiger partial charge >= 0.3 is 0 Å². The van der Waals surface area contributed by atoms with Crippen LogP contribution in [0.3, 0.4) is 0 Å². The molecular weight excluding hydrogens is 184 g/mol. The molecule has 2 nitrogen and oxygen atoms in total. The monoisotopic (exact) mass is 194 g/mol. The van der Waals surface area contributed by atoms with Crippen molar-refractivity contribution in [2.75, 3.05) is 0 Å². The summed E-state index contributed by atoms with van der Waals surface area (Å²) in [5.74, 6) is 0.337. The van der Waals surface area contributed by atoms with Crippen molar-refractivity contribution < 1.29 is 0 Å². The van der Waals surface area contributed by atoms with E-state index >= 15 is 0 Å². The summed E-state index contributed by atoms with van der Waals surface area (Å²) in [5, 5.41) is 9.25. The molecule has 3 heteroatoms. The molecule has 0 atom stereocenters. The Bertz CT molecular complexity index is 341. The van der Waals surface area contributed by atoms with Gasteiger partial charge in [-0.1, -0.05) is 25.4 Å². The van der Waals surface area contributed by atoms with Crippen molar-refractivity contribution in [3.8, 4) is 6.07 Å². The predicted octanol–water partition coefficient (Wildman–Crippen LogP) is 3.04. The van der Waals surface area contributed by atoms with E-state index in [1.54, 1.807) is 13.0 Å². The quantitative estimate of drug-likeness (QED) is 0.689. The summed E-state index contributed by atoms with van der Waals surface area (Å²) in [6, 6.07) is 3.80. The topological polar surface area (TPSA) is 36.7 Å². The Morgan fingerprint density at radius 1 is 1.54 bits per heavy atom. The summed E-state index contributed by atoms with van der Waals surface area (Å²) in [4.78, 5) is 4.30. The number of hydrogen-bond donors (Lipinski definition) is 0. The highest BCUT2D eigenvalue weighted by Gasteiger charge is 2.09. The van der Waals surface area contributed by atoms with Crippen LogP contribution in [0.5, 0.6) is 0 Å². The van der Waals surface area contributed by atoms with Gasteiger partial charge < -0.3 is 0 Å². The van der Waals surface area contributed by atoms with Crippen molar-refractivity contribution in [2.24, 2.45) is 0 Å². The van der Waals surface area contributed by atoms with E-state index in [9.17, 15) is 0 Å². The molecule has 0 bridgehead atoms. The van der Waals surface area contributed by atoms with Crippen LogP contribution in [0.1, 0.15) is 36.7 Å². The second-order valence-corrected chi connectivity index (χ2v) is 3.66. The Kier molecular flexibility index (Phi) is 2.90. The highest BCUT2D eigenvalue weighted by Crippen LogP contribution is 2.22. The van der Waals surface area contributed by atoms with Crippen molar-refractivity contribution >= 4 is 11.6 Å². The second kappa shape index (κ2) is 3.76. The number of nitrogens with zero attached hydrogens (tertiary/aromatic N) is 2. The molecule has 68 valence electrons. The molecule has 0 aliphatic heterocycles. The van der Waals surface area contributed by atoms with Crippen molar-refractivity contribution in [2.45, 2.75) is 26.7 Å². The molecule has 1 heterocycles. The summed E-state index contributed by atoms with van der Waals surface area (Å²) < 4.78 is 0. The van der Waals surface area contributed by atoms with E-state index in [4.69, 9.17) is 16.9 Å². The van der Waals surface area contributed by atoms with Gasteiger partial charge in [0.05, 0.1) is 16.3 Å². The molecule has 0 fully saturated rings. The maximum Gasteiger partial charge on any atom is 0.103 e. The Balaban J connectivity index is 3.30. The number of aryl methyl sites for hydroxylation is 1. The Morgan fingerprint density at radius 2 is 2.15 bits per heavy atom. The molecule has 0 saturated heterocycles. The fourth-order valence-corrected chi connectivity index (χ4v) is 1.38. The van der Waals surface area contributed by atoms with Crippen LogP contribution in [0.2, 0.25) is 5.02 Å². The van der Waals surface area contributed by atoms with E-state index in [1.165, 1.54) is 0 Å². The van der Waals surface area contributed by atoms with Gasteiger partial charge in [-0.25, -0.2) is 0 Å². The fraction of sp³-hybridized carbons (Fsp3) is 0.400. The summed E-state index contributed by atoms with van der Waals surface area (Å²) in [7, 11) is 0. The molecule has 0 spiro atoms. The van der Waals surface area contributed by atoms with Crippen LogP contribution in [-0.4, -0.2) is 4.98 Å². The van der Waals surface area contributed by atoms with Gasteiger partial charge in [0, 0.05) is 5.69 Å². The third-order valence-electron chi connectivity index (χ3n) is 1.88. The number of nitriles is 1. The highest BCUT2D eigenvalue weighted by atomic mass is 35.5. The zero-order valence-corrected chi connectivity index (χ0v) is 8.68. The van der Waals surface area contributed by atoms with E-state index in [1.807, 2.05) is 19.9 Å². The maximum absolute atomic E-state index is 8.75. The van der Waals surface area contributed by atoms with Crippen LogP contribution < -0.4 is 0 Å². The molecule has 1 aromatic heterocycles. The highest BCUT2D eigenvalue weighted by molar-refractivity contribution is 6.31. The Morgan fingerprint density at radius 3 is 2.54 bits per heavy atom. The SMILES string of the molecule is Cc1nc(C(C)C)cc(Cl)c1C#N. The van der Waals surface area contributed by atoms with Gasteiger partial charge in [0.25, 0.3) is 0 Å². The standard InChI is InChI=1S/C10H11ClN2/c1-6(2)10-4-9(11)8(5-12)7(3)13-10/h4,6H,1-3H3. The fourth-order valence-electron chi connectivity index (χ4n) is 1.09. The normalized spacial score (nSPS) is 10.2. The molecular formula is C10H11ClN2. The zero-order valence-electron chi connectivity index (χ0n) is 7.93. The average Bonchev–Trinajstić information content (AvgIpc) is 2.03. The van der Waals surface area contributed by atoms with Gasteiger partial charge in [-0.05, 0) is 18.9 Å². The van der Waals surface area contributed by atoms with Gasteiger partial charge in [-0.2, -0.15) is 5.26 Å². The van der Waals surface area contributed by atoms with Crippen molar-refractivity contribution in [3.05, 3.63) is 28.0 Å². The number of rotatable bonds is 1. The molecule has 0 aromatic carbocycles. The van der Waals surface area contributed by atoms with Crippen LogP contribution in [0.25, 0.3) is 0 Å². The van der Waals surface area contributed by atoms with E-state index in [-0.39, 0.29) is 0 Å². The Hall–Kier alpha value is -1.07. The molecule has 0 radical (unpaired) electrons. The molecule has 0 aliphatic carbocycles. The van der Waals surface area contributed by atoms with Crippen molar-refractivity contribution in [3.63, 3.8) is 0 Å². The molecule has 1 aromatic rings. The summed E-state index contributed by atoms with van der Waals surface area (Å²) in [6.45, 7) is 5.89. The lowest BCUT2D eigenvalue weighted by Gasteiger charge is -2.07. The first-order chi connectivity index (χ1) is 6.06. The molecule has 1 rings (SSSR count). The molecule has 0 N–H and O–H groups in total. The third kappa shape index (κ3) is 1.99. The zero-order chi connectivity index (χ0) is 10.0. The van der Waals surface area contributed by atoms with Crippen LogP contribution >= 0.6 is 11.6 Å². The van der Waals surface area contributed by atoms with Crippen molar-refractivity contribution in [1.82, 2.24) is 4.98 Å². The van der Waals surface area contributed by atoms with Gasteiger partial charge in [0.2, 0.25) is 0 Å².